The van der Waals surface area contributed by atoms with Crippen LogP contribution in [0.1, 0.15) is 27.8 Å². The molecule has 56 heavy (non-hydrogen) atoms. The van der Waals surface area contributed by atoms with Crippen molar-refractivity contribution in [1.82, 2.24) is 15.0 Å². The molecular weight excluding hydrogens is 727 g/mol. The molecule has 2 heterocycles. The molecule has 0 aliphatic carbocycles. The molecule has 2 aromatic heterocycles. The molecule has 0 saturated carbocycles. The highest BCUT2D eigenvalue weighted by Gasteiger charge is 2.37. The Morgan fingerprint density at radius 2 is 0.911 bits per heavy atom. The van der Waals surface area contributed by atoms with Crippen molar-refractivity contribution in [2.75, 3.05) is 0 Å². The molecule has 8 rings (SSSR count). The number of hydrogen-bond donors (Lipinski definition) is 0. The van der Waals surface area contributed by atoms with Gasteiger partial charge in [0.2, 0.25) is 0 Å². The Balaban J connectivity index is 1.39. The fourth-order valence-electron chi connectivity index (χ4n) is 6.71. The number of nitrogens with zero attached hydrogens (tertiary/aromatic N) is 6. The number of benzene rings is 6. The number of aromatic nitrogens is 3. The number of fused-ring (bicyclic) bond motifs is 5. The van der Waals surface area contributed by atoms with Crippen molar-refractivity contribution >= 4 is 32.7 Å². The molecule has 0 bridgehead atoms. The Bertz CT molecular complexity index is 2970. The van der Waals surface area contributed by atoms with Crippen molar-refractivity contribution < 1.29 is 26.3 Å². The first kappa shape index (κ1) is 35.4. The minimum Gasteiger partial charge on any atom is -0.247 e. The van der Waals surface area contributed by atoms with Gasteiger partial charge in [-0.2, -0.15) is 42.1 Å². The van der Waals surface area contributed by atoms with Gasteiger partial charge >= 0.3 is 12.4 Å². The second-order valence-electron chi connectivity index (χ2n) is 12.8. The second kappa shape index (κ2) is 13.3. The van der Waals surface area contributed by atoms with Crippen LogP contribution in [0.4, 0.5) is 26.3 Å². The summed E-state index contributed by atoms with van der Waals surface area (Å²) in [6.45, 7) is 0. The van der Waals surface area contributed by atoms with Gasteiger partial charge in [-0.1, -0.05) is 66.7 Å². The normalized spacial score (nSPS) is 11.7. The van der Waals surface area contributed by atoms with E-state index in [1.54, 1.807) is 66.7 Å². The Kier molecular flexibility index (Phi) is 8.44. The predicted molar refractivity (Wildman–Crippen MR) is 198 cm³/mol. The summed E-state index contributed by atoms with van der Waals surface area (Å²) in [6.07, 6.45) is -10.0. The molecule has 6 nitrogen and oxygen atoms in total. The number of alkyl halides is 6. The zero-order valence-corrected chi connectivity index (χ0v) is 28.5. The smallest absolute Gasteiger partial charge is 0.247 e. The first-order valence-electron chi connectivity index (χ1n) is 16.7. The molecule has 0 fully saturated rings. The Labute approximate surface area is 313 Å². The molecule has 6 aromatic carbocycles. The third-order valence-electron chi connectivity index (χ3n) is 9.38. The molecule has 0 spiro atoms. The van der Waals surface area contributed by atoms with Crippen molar-refractivity contribution in [3.63, 3.8) is 0 Å². The summed E-state index contributed by atoms with van der Waals surface area (Å²) in [4.78, 5) is 15.1. The van der Waals surface area contributed by atoms with E-state index in [0.717, 1.165) is 0 Å². The Morgan fingerprint density at radius 3 is 1.45 bits per heavy atom. The van der Waals surface area contributed by atoms with Crippen LogP contribution in [0.2, 0.25) is 0 Å². The lowest BCUT2D eigenvalue weighted by molar-refractivity contribution is -0.143. The van der Waals surface area contributed by atoms with Gasteiger partial charge in [0.05, 0.1) is 79.7 Å². The van der Waals surface area contributed by atoms with Crippen molar-refractivity contribution in [2.24, 2.45) is 0 Å². The summed E-state index contributed by atoms with van der Waals surface area (Å²) in [5.74, 6) is 0. The number of rotatable bonds is 4. The van der Waals surface area contributed by atoms with Crippen molar-refractivity contribution in [2.45, 2.75) is 12.4 Å². The molecule has 8 aromatic rings. The molecule has 12 heteroatoms. The first-order valence-corrected chi connectivity index (χ1v) is 16.7. The van der Waals surface area contributed by atoms with Crippen molar-refractivity contribution in [3.05, 3.63) is 149 Å². The van der Waals surface area contributed by atoms with E-state index >= 15 is 0 Å². The van der Waals surface area contributed by atoms with Crippen LogP contribution in [0.5, 0.6) is 0 Å². The fourth-order valence-corrected chi connectivity index (χ4v) is 6.71. The van der Waals surface area contributed by atoms with Crippen molar-refractivity contribution in [1.29, 1.82) is 15.8 Å². The number of para-hydroxylation sites is 1. The topological polar surface area (TPSA) is 110 Å². The Hall–Kier alpha value is -7.62. The number of nitriles is 3. The minimum absolute atomic E-state index is 0.0831. The van der Waals surface area contributed by atoms with Crippen LogP contribution in [0, 0.1) is 34.0 Å². The third-order valence-corrected chi connectivity index (χ3v) is 9.38. The lowest BCUT2D eigenvalue weighted by Crippen LogP contribution is -2.11. The van der Waals surface area contributed by atoms with E-state index in [9.17, 15) is 42.1 Å². The second-order valence-corrected chi connectivity index (χ2v) is 12.8. The Morgan fingerprint density at radius 1 is 0.429 bits per heavy atom. The van der Waals surface area contributed by atoms with Crippen molar-refractivity contribution in [3.8, 4) is 63.1 Å². The number of halogens is 6. The monoisotopic (exact) mass is 746 g/mol. The van der Waals surface area contributed by atoms with E-state index in [1.807, 2.05) is 12.1 Å². The van der Waals surface area contributed by atoms with Gasteiger partial charge in [-0.25, -0.2) is 15.0 Å². The fraction of sp³-hybridized carbons (Fsp3) is 0.0455. The van der Waals surface area contributed by atoms with Gasteiger partial charge < -0.3 is 0 Å². The molecule has 0 atom stereocenters. The van der Waals surface area contributed by atoms with Crippen LogP contribution in [-0.2, 0) is 12.4 Å². The highest BCUT2D eigenvalue weighted by Crippen LogP contribution is 2.42. The minimum atomic E-state index is -5.01. The summed E-state index contributed by atoms with van der Waals surface area (Å²) in [5, 5.41) is 31.0. The van der Waals surface area contributed by atoms with E-state index in [-0.39, 0.29) is 22.8 Å². The van der Waals surface area contributed by atoms with Gasteiger partial charge in [0.15, 0.2) is 0 Å². The highest BCUT2D eigenvalue weighted by atomic mass is 19.4. The SMILES string of the molecule is N#Cc1ccc(-c2nc3cc(C#N)c4c(-c5ccc(-c6cc(C(F)(F)F)cc(C(F)(F)F)c6)cc5)nc5ccccc5c4c3nc2-c2ccc(C#N)cc2)cc1. The maximum Gasteiger partial charge on any atom is 0.416 e. The van der Waals surface area contributed by atoms with E-state index in [4.69, 9.17) is 15.0 Å². The molecule has 0 aliphatic rings. The molecule has 0 N–H and O–H groups in total. The summed E-state index contributed by atoms with van der Waals surface area (Å²) < 4.78 is 81.9. The van der Waals surface area contributed by atoms with E-state index in [1.165, 1.54) is 24.3 Å². The third kappa shape index (κ3) is 6.27. The highest BCUT2D eigenvalue weighted by molar-refractivity contribution is 6.22. The molecular formula is C44H20F6N6. The zero-order chi connectivity index (χ0) is 39.4. The number of pyridine rings is 1. The van der Waals surface area contributed by atoms with Crippen LogP contribution in [0.3, 0.4) is 0 Å². The van der Waals surface area contributed by atoms with Crippen LogP contribution in [0.15, 0.2) is 121 Å². The number of hydrogen-bond acceptors (Lipinski definition) is 6. The van der Waals surface area contributed by atoms with Gasteiger partial charge in [0.1, 0.15) is 0 Å². The van der Waals surface area contributed by atoms with E-state index in [0.29, 0.717) is 89.7 Å². The summed E-state index contributed by atoms with van der Waals surface area (Å²) in [7, 11) is 0. The van der Waals surface area contributed by atoms with Gasteiger partial charge in [0.25, 0.3) is 0 Å². The average molecular weight is 747 g/mol. The van der Waals surface area contributed by atoms with Gasteiger partial charge in [0, 0.05) is 32.8 Å². The maximum absolute atomic E-state index is 13.7. The maximum atomic E-state index is 13.7. The molecule has 0 radical (unpaired) electrons. The standard InChI is InChI=1S/C44H20F6N6/c45-43(46,47)32-17-30(18-33(20-32)44(48,49)50)26-13-15-27(16-14-26)39-37-31(23-53)19-36-42(38(37)34-3-1-2-4-35(34)54-39)56-41(29-11-7-25(22-52)8-12-29)40(55-36)28-9-5-24(21-51)6-10-28/h1-20H. The van der Waals surface area contributed by atoms with E-state index < -0.39 is 23.5 Å². The van der Waals surface area contributed by atoms with Gasteiger partial charge in [-0.3, -0.25) is 0 Å². The zero-order valence-electron chi connectivity index (χ0n) is 28.5. The summed E-state index contributed by atoms with van der Waals surface area (Å²) in [6, 6.07) is 36.2. The molecule has 268 valence electrons. The lowest BCUT2D eigenvalue weighted by atomic mass is 9.93. The average Bonchev–Trinajstić information content (AvgIpc) is 3.21. The van der Waals surface area contributed by atoms with Gasteiger partial charge in [-0.15, -0.1) is 0 Å². The van der Waals surface area contributed by atoms with Crippen LogP contribution < -0.4 is 0 Å². The summed E-state index contributed by atoms with van der Waals surface area (Å²) >= 11 is 0. The largest absolute Gasteiger partial charge is 0.416 e. The van der Waals surface area contributed by atoms with Gasteiger partial charge in [-0.05, 0) is 65.7 Å². The van der Waals surface area contributed by atoms with Crippen LogP contribution in [-0.4, -0.2) is 15.0 Å². The molecule has 0 unspecified atom stereocenters. The molecule has 0 saturated heterocycles. The van der Waals surface area contributed by atoms with Crippen LogP contribution in [0.25, 0.3) is 77.6 Å². The lowest BCUT2D eigenvalue weighted by Gasteiger charge is -2.17. The molecule has 0 amide bonds. The quantitative estimate of drug-likeness (QED) is 0.131. The first-order chi connectivity index (χ1) is 26.9. The summed E-state index contributed by atoms with van der Waals surface area (Å²) in [5.41, 5.74) is 2.40. The van der Waals surface area contributed by atoms with E-state index in [2.05, 4.69) is 18.2 Å². The molecule has 0 aliphatic heterocycles. The van der Waals surface area contributed by atoms with Crippen LogP contribution >= 0.6 is 0 Å². The predicted octanol–water partition coefficient (Wildman–Crippen LogP) is 11.7.